The second kappa shape index (κ2) is 10.5. The number of carbonyl (C=O) groups excluding carboxylic acids is 3. The number of carbonyl (C=O) groups is 3. The number of hydrogen-bond acceptors (Lipinski definition) is 5. The summed E-state index contributed by atoms with van der Waals surface area (Å²) in [6.07, 6.45) is -0.266. The SMILES string of the molecule is COc1ccccc1NC(=O)CCC(=O)OCC(=O)Nc1ccc(Cl)cc1Cl. The van der Waals surface area contributed by atoms with Gasteiger partial charge in [0.25, 0.3) is 5.91 Å². The number of esters is 1. The van der Waals surface area contributed by atoms with E-state index in [1.807, 2.05) is 0 Å². The highest BCUT2D eigenvalue weighted by atomic mass is 35.5. The minimum Gasteiger partial charge on any atom is -0.495 e. The Hall–Kier alpha value is -2.77. The molecule has 2 aromatic rings. The maximum atomic E-state index is 12.0. The normalized spacial score (nSPS) is 10.1. The lowest BCUT2D eigenvalue weighted by Gasteiger charge is -2.10. The van der Waals surface area contributed by atoms with E-state index in [0.717, 1.165) is 0 Å². The van der Waals surface area contributed by atoms with Crippen LogP contribution in [0.3, 0.4) is 0 Å². The summed E-state index contributed by atoms with van der Waals surface area (Å²) in [6, 6.07) is 11.5. The standard InChI is InChI=1S/C19H18Cl2N2O5/c1-27-16-5-3-2-4-15(16)23-17(24)8-9-19(26)28-11-18(25)22-14-7-6-12(20)10-13(14)21/h2-7,10H,8-9,11H2,1H3,(H,22,25)(H,23,24). The number of methoxy groups -OCH3 is 1. The highest BCUT2D eigenvalue weighted by Gasteiger charge is 2.13. The molecule has 7 nitrogen and oxygen atoms in total. The predicted octanol–water partition coefficient (Wildman–Crippen LogP) is 3.90. The number of benzene rings is 2. The molecule has 0 aromatic heterocycles. The molecule has 0 aliphatic carbocycles. The van der Waals surface area contributed by atoms with Crippen molar-refractivity contribution < 1.29 is 23.9 Å². The zero-order chi connectivity index (χ0) is 20.5. The van der Waals surface area contributed by atoms with Gasteiger partial charge in [0.1, 0.15) is 5.75 Å². The first-order valence-electron chi connectivity index (χ1n) is 8.22. The fourth-order valence-electron chi connectivity index (χ4n) is 2.17. The number of hydrogen-bond donors (Lipinski definition) is 2. The molecule has 0 atom stereocenters. The first-order valence-corrected chi connectivity index (χ1v) is 8.98. The van der Waals surface area contributed by atoms with E-state index in [4.69, 9.17) is 32.7 Å². The van der Waals surface area contributed by atoms with Crippen molar-refractivity contribution in [3.63, 3.8) is 0 Å². The molecule has 2 aromatic carbocycles. The van der Waals surface area contributed by atoms with E-state index in [2.05, 4.69) is 10.6 Å². The number of ether oxygens (including phenoxy) is 2. The van der Waals surface area contributed by atoms with E-state index in [0.29, 0.717) is 22.1 Å². The van der Waals surface area contributed by atoms with Crippen molar-refractivity contribution >= 4 is 52.4 Å². The van der Waals surface area contributed by atoms with Gasteiger partial charge in [-0.15, -0.1) is 0 Å². The zero-order valence-corrected chi connectivity index (χ0v) is 16.5. The lowest BCUT2D eigenvalue weighted by molar-refractivity contribution is -0.147. The molecule has 0 heterocycles. The largest absolute Gasteiger partial charge is 0.495 e. The summed E-state index contributed by atoms with van der Waals surface area (Å²) in [5, 5.41) is 5.85. The molecule has 0 radical (unpaired) electrons. The van der Waals surface area contributed by atoms with Crippen LogP contribution in [0.1, 0.15) is 12.8 Å². The monoisotopic (exact) mass is 424 g/mol. The molecule has 148 valence electrons. The second-order valence-electron chi connectivity index (χ2n) is 5.58. The van der Waals surface area contributed by atoms with Crippen LogP contribution in [0.2, 0.25) is 10.0 Å². The van der Waals surface area contributed by atoms with Crippen molar-refractivity contribution in [1.82, 2.24) is 0 Å². The van der Waals surface area contributed by atoms with Gasteiger partial charge in [-0.2, -0.15) is 0 Å². The van der Waals surface area contributed by atoms with Crippen LogP contribution in [0.25, 0.3) is 0 Å². The van der Waals surface area contributed by atoms with Crippen LogP contribution in [0.15, 0.2) is 42.5 Å². The lowest BCUT2D eigenvalue weighted by Crippen LogP contribution is -2.22. The van der Waals surface area contributed by atoms with E-state index in [9.17, 15) is 14.4 Å². The average Bonchev–Trinajstić information content (AvgIpc) is 2.67. The molecule has 9 heteroatoms. The Labute approximate surface area is 171 Å². The number of rotatable bonds is 8. The van der Waals surface area contributed by atoms with Crippen LogP contribution in [-0.2, 0) is 19.1 Å². The van der Waals surface area contributed by atoms with E-state index < -0.39 is 18.5 Å². The first kappa shape index (κ1) is 21.5. The van der Waals surface area contributed by atoms with Gasteiger partial charge in [0, 0.05) is 11.4 Å². The molecule has 0 aliphatic rings. The third-order valence-corrected chi connectivity index (χ3v) is 4.05. The van der Waals surface area contributed by atoms with E-state index in [1.165, 1.54) is 19.2 Å². The third-order valence-electron chi connectivity index (χ3n) is 3.51. The molecule has 0 spiro atoms. The van der Waals surface area contributed by atoms with Crippen LogP contribution >= 0.6 is 23.2 Å². The molecule has 0 aliphatic heterocycles. The maximum Gasteiger partial charge on any atom is 0.306 e. The van der Waals surface area contributed by atoms with Crippen LogP contribution in [0.4, 0.5) is 11.4 Å². The smallest absolute Gasteiger partial charge is 0.306 e. The van der Waals surface area contributed by atoms with Gasteiger partial charge in [-0.1, -0.05) is 35.3 Å². The Balaban J connectivity index is 1.73. The highest BCUT2D eigenvalue weighted by Crippen LogP contribution is 2.25. The summed E-state index contributed by atoms with van der Waals surface area (Å²) in [5.41, 5.74) is 0.853. The van der Waals surface area contributed by atoms with E-state index in [-0.39, 0.29) is 23.8 Å². The molecular formula is C19H18Cl2N2O5. The summed E-state index contributed by atoms with van der Waals surface area (Å²) in [6.45, 7) is -0.494. The number of nitrogens with one attached hydrogen (secondary N) is 2. The summed E-state index contributed by atoms with van der Waals surface area (Å²) >= 11 is 11.7. The highest BCUT2D eigenvalue weighted by molar-refractivity contribution is 6.36. The van der Waals surface area contributed by atoms with Gasteiger partial charge in [0.15, 0.2) is 6.61 Å². The Morgan fingerprint density at radius 1 is 0.929 bits per heavy atom. The summed E-state index contributed by atoms with van der Waals surface area (Å²) < 4.78 is 9.99. The van der Waals surface area contributed by atoms with Crippen LogP contribution < -0.4 is 15.4 Å². The maximum absolute atomic E-state index is 12.0. The van der Waals surface area contributed by atoms with Crippen molar-refractivity contribution in [2.75, 3.05) is 24.4 Å². The fourth-order valence-corrected chi connectivity index (χ4v) is 2.63. The van der Waals surface area contributed by atoms with Crippen LogP contribution in [0, 0.1) is 0 Å². The van der Waals surface area contributed by atoms with Crippen molar-refractivity contribution in [2.24, 2.45) is 0 Å². The zero-order valence-electron chi connectivity index (χ0n) is 15.0. The number of halogens is 2. The molecule has 0 saturated carbocycles. The number of amides is 2. The van der Waals surface area contributed by atoms with Gasteiger partial charge in [0.05, 0.1) is 29.9 Å². The summed E-state index contributed by atoms with van der Waals surface area (Å²) in [7, 11) is 1.49. The molecule has 2 amide bonds. The van der Waals surface area contributed by atoms with Gasteiger partial charge >= 0.3 is 5.97 Å². The quantitative estimate of drug-likeness (QED) is 0.626. The molecule has 2 rings (SSSR count). The van der Waals surface area contributed by atoms with Gasteiger partial charge in [-0.25, -0.2) is 0 Å². The summed E-state index contributed by atoms with van der Waals surface area (Å²) in [5.74, 6) is -1.10. The fraction of sp³-hybridized carbons (Fsp3) is 0.211. The minimum absolute atomic E-state index is 0.0957. The molecular weight excluding hydrogens is 407 g/mol. The van der Waals surface area contributed by atoms with Gasteiger partial charge in [-0.3, -0.25) is 14.4 Å². The summed E-state index contributed by atoms with van der Waals surface area (Å²) in [4.78, 5) is 35.5. The lowest BCUT2D eigenvalue weighted by atomic mass is 10.2. The van der Waals surface area contributed by atoms with Gasteiger partial charge in [0.2, 0.25) is 5.91 Å². The van der Waals surface area contributed by atoms with Gasteiger partial charge < -0.3 is 20.1 Å². The number of para-hydroxylation sites is 2. The minimum atomic E-state index is -0.674. The van der Waals surface area contributed by atoms with Crippen molar-refractivity contribution in [3.05, 3.63) is 52.5 Å². The Morgan fingerprint density at radius 2 is 1.64 bits per heavy atom. The first-order chi connectivity index (χ1) is 13.4. The number of anilines is 2. The average molecular weight is 425 g/mol. The van der Waals surface area contributed by atoms with Gasteiger partial charge in [-0.05, 0) is 30.3 Å². The topological polar surface area (TPSA) is 93.7 Å². The molecule has 0 saturated heterocycles. The predicted molar refractivity (Wildman–Crippen MR) is 107 cm³/mol. The van der Waals surface area contributed by atoms with E-state index in [1.54, 1.807) is 30.3 Å². The van der Waals surface area contributed by atoms with Crippen LogP contribution in [0.5, 0.6) is 5.75 Å². The second-order valence-corrected chi connectivity index (χ2v) is 6.43. The third kappa shape index (κ3) is 6.75. The molecule has 2 N–H and O–H groups in total. The van der Waals surface area contributed by atoms with E-state index >= 15 is 0 Å². The molecule has 0 unspecified atom stereocenters. The van der Waals surface area contributed by atoms with Crippen molar-refractivity contribution in [3.8, 4) is 5.75 Å². The Bertz CT molecular complexity index is 873. The Morgan fingerprint density at radius 3 is 2.36 bits per heavy atom. The molecule has 0 bridgehead atoms. The van der Waals surface area contributed by atoms with Crippen molar-refractivity contribution in [2.45, 2.75) is 12.8 Å². The molecule has 0 fully saturated rings. The van der Waals surface area contributed by atoms with Crippen molar-refractivity contribution in [1.29, 1.82) is 0 Å². The van der Waals surface area contributed by atoms with Crippen LogP contribution in [-0.4, -0.2) is 31.5 Å². The molecule has 28 heavy (non-hydrogen) atoms. The Kier molecular flexibility index (Phi) is 8.10.